The van der Waals surface area contributed by atoms with E-state index in [0.29, 0.717) is 19.4 Å². The highest BCUT2D eigenvalue weighted by Gasteiger charge is 2.37. The molecule has 0 saturated carbocycles. The second-order valence-corrected chi connectivity index (χ2v) is 5.38. The zero-order valence-corrected chi connectivity index (χ0v) is 12.6. The fourth-order valence-corrected chi connectivity index (χ4v) is 2.39. The van der Waals surface area contributed by atoms with Gasteiger partial charge in [-0.15, -0.1) is 0 Å². The van der Waals surface area contributed by atoms with Gasteiger partial charge in [-0.1, -0.05) is 0 Å². The molecule has 23 heavy (non-hydrogen) atoms. The number of hydrogen-bond donors (Lipinski definition) is 5. The fourth-order valence-electron chi connectivity index (χ4n) is 2.39. The molecule has 1 fully saturated rings. The van der Waals surface area contributed by atoms with Gasteiger partial charge in [-0.2, -0.15) is 0 Å². The molecule has 10 heteroatoms. The van der Waals surface area contributed by atoms with Gasteiger partial charge in [0, 0.05) is 13.0 Å². The first-order valence-corrected chi connectivity index (χ1v) is 7.26. The van der Waals surface area contributed by atoms with Crippen LogP contribution in [0.5, 0.6) is 0 Å². The van der Waals surface area contributed by atoms with Gasteiger partial charge in [0.05, 0.1) is 12.6 Å². The molecule has 1 aliphatic rings. The van der Waals surface area contributed by atoms with Crippen LogP contribution < -0.4 is 16.8 Å². The molecule has 0 spiro atoms. The maximum Gasteiger partial charge on any atom is 0.328 e. The third-order valence-corrected chi connectivity index (χ3v) is 3.65. The third kappa shape index (κ3) is 5.18. The minimum atomic E-state index is -1.43. The molecule has 1 rings (SSSR count). The molecular formula is C13H22N4O6. The van der Waals surface area contributed by atoms with Crippen LogP contribution in [0.4, 0.5) is 0 Å². The Labute approximate surface area is 132 Å². The first-order chi connectivity index (χ1) is 10.8. The lowest BCUT2D eigenvalue weighted by Crippen LogP contribution is -2.54. The van der Waals surface area contributed by atoms with Crippen LogP contribution in [0.2, 0.25) is 0 Å². The zero-order chi connectivity index (χ0) is 17.6. The monoisotopic (exact) mass is 330 g/mol. The molecule has 1 saturated heterocycles. The van der Waals surface area contributed by atoms with E-state index in [-0.39, 0.29) is 12.8 Å². The normalized spacial score (nSPS) is 19.9. The van der Waals surface area contributed by atoms with Crippen molar-refractivity contribution < 1.29 is 29.4 Å². The van der Waals surface area contributed by atoms with Gasteiger partial charge in [0.15, 0.2) is 0 Å². The Bertz CT molecular complexity index is 483. The van der Waals surface area contributed by atoms with Crippen LogP contribution in [-0.2, 0) is 19.2 Å². The van der Waals surface area contributed by atoms with Gasteiger partial charge in [-0.05, 0) is 19.3 Å². The number of carbonyl (C=O) groups is 4. The van der Waals surface area contributed by atoms with E-state index in [4.69, 9.17) is 21.7 Å². The SMILES string of the molecule is NC(=O)CC[C@H](N)C(=O)N1CCC[C@H]1C(=O)N[C@@H](CO)C(=O)O. The Morgan fingerprint density at radius 1 is 1.30 bits per heavy atom. The van der Waals surface area contributed by atoms with Crippen molar-refractivity contribution in [1.82, 2.24) is 10.2 Å². The van der Waals surface area contributed by atoms with Crippen LogP contribution in [0.15, 0.2) is 0 Å². The van der Waals surface area contributed by atoms with Gasteiger partial charge < -0.3 is 31.9 Å². The molecule has 3 amide bonds. The average Bonchev–Trinajstić information content (AvgIpc) is 2.98. The molecule has 0 aromatic heterocycles. The number of primary amides is 1. The summed E-state index contributed by atoms with van der Waals surface area (Å²) in [5, 5.41) is 19.9. The molecule has 0 aromatic rings. The molecule has 0 aliphatic carbocycles. The molecule has 130 valence electrons. The molecule has 0 bridgehead atoms. The number of carboxylic acids is 1. The summed E-state index contributed by atoms with van der Waals surface area (Å²) in [5.74, 6) is -3.08. The number of aliphatic hydroxyl groups is 1. The first kappa shape index (κ1) is 18.8. The van der Waals surface area contributed by atoms with Crippen molar-refractivity contribution in [3.63, 3.8) is 0 Å². The Morgan fingerprint density at radius 3 is 2.48 bits per heavy atom. The number of nitrogens with two attached hydrogens (primary N) is 2. The first-order valence-electron chi connectivity index (χ1n) is 7.26. The van der Waals surface area contributed by atoms with E-state index in [1.54, 1.807) is 0 Å². The third-order valence-electron chi connectivity index (χ3n) is 3.65. The van der Waals surface area contributed by atoms with Crippen LogP contribution in [0, 0.1) is 0 Å². The minimum absolute atomic E-state index is 0.0385. The lowest BCUT2D eigenvalue weighted by Gasteiger charge is -2.27. The van der Waals surface area contributed by atoms with E-state index in [1.807, 2.05) is 0 Å². The Hall–Kier alpha value is -2.20. The van der Waals surface area contributed by atoms with Crippen molar-refractivity contribution in [2.24, 2.45) is 11.5 Å². The van der Waals surface area contributed by atoms with Crippen molar-refractivity contribution in [2.75, 3.05) is 13.2 Å². The number of rotatable bonds is 8. The lowest BCUT2D eigenvalue weighted by atomic mass is 10.1. The molecule has 1 heterocycles. The van der Waals surface area contributed by atoms with Gasteiger partial charge >= 0.3 is 5.97 Å². The number of aliphatic hydroxyl groups excluding tert-OH is 1. The number of carbonyl (C=O) groups excluding carboxylic acids is 3. The van der Waals surface area contributed by atoms with Gasteiger partial charge in [0.1, 0.15) is 12.1 Å². The van der Waals surface area contributed by atoms with Crippen molar-refractivity contribution in [3.8, 4) is 0 Å². The zero-order valence-electron chi connectivity index (χ0n) is 12.6. The Kier molecular flexibility index (Phi) is 6.91. The van der Waals surface area contributed by atoms with E-state index in [1.165, 1.54) is 4.90 Å². The van der Waals surface area contributed by atoms with Gasteiger partial charge in [0.25, 0.3) is 0 Å². The summed E-state index contributed by atoms with van der Waals surface area (Å²) in [6.45, 7) is -0.433. The smallest absolute Gasteiger partial charge is 0.328 e. The topological polar surface area (TPSA) is 176 Å². The lowest BCUT2D eigenvalue weighted by molar-refractivity contribution is -0.145. The van der Waals surface area contributed by atoms with Crippen LogP contribution >= 0.6 is 0 Å². The van der Waals surface area contributed by atoms with E-state index in [2.05, 4.69) is 5.32 Å². The largest absolute Gasteiger partial charge is 0.480 e. The van der Waals surface area contributed by atoms with Crippen molar-refractivity contribution in [2.45, 2.75) is 43.8 Å². The summed E-state index contributed by atoms with van der Waals surface area (Å²) in [4.78, 5) is 47.2. The predicted molar refractivity (Wildman–Crippen MR) is 77.8 cm³/mol. The van der Waals surface area contributed by atoms with Crippen LogP contribution in [0.3, 0.4) is 0 Å². The molecule has 0 radical (unpaired) electrons. The Balaban J connectivity index is 2.68. The van der Waals surface area contributed by atoms with Crippen LogP contribution in [0.25, 0.3) is 0 Å². The molecule has 1 aliphatic heterocycles. The van der Waals surface area contributed by atoms with Gasteiger partial charge in [-0.3, -0.25) is 14.4 Å². The highest BCUT2D eigenvalue weighted by atomic mass is 16.4. The van der Waals surface area contributed by atoms with Crippen molar-refractivity contribution >= 4 is 23.7 Å². The number of hydrogen-bond acceptors (Lipinski definition) is 6. The summed E-state index contributed by atoms with van der Waals surface area (Å²) in [6.07, 6.45) is 0.984. The standard InChI is InChI=1S/C13H22N4O6/c14-7(3-4-10(15)19)12(21)17-5-1-2-9(17)11(20)16-8(6-18)13(22)23/h7-9,18H,1-6,14H2,(H2,15,19)(H,16,20)(H,22,23)/t7-,8-,9-/m0/s1. The van der Waals surface area contributed by atoms with Crippen molar-refractivity contribution in [1.29, 1.82) is 0 Å². The van der Waals surface area contributed by atoms with Crippen molar-refractivity contribution in [3.05, 3.63) is 0 Å². The quantitative estimate of drug-likeness (QED) is 0.317. The summed E-state index contributed by atoms with van der Waals surface area (Å²) in [7, 11) is 0. The Morgan fingerprint density at radius 2 is 1.96 bits per heavy atom. The predicted octanol–water partition coefficient (Wildman–Crippen LogP) is -2.87. The molecule has 3 atom stereocenters. The van der Waals surface area contributed by atoms with Gasteiger partial charge in [-0.25, -0.2) is 4.79 Å². The number of nitrogens with one attached hydrogen (secondary N) is 1. The number of carboxylic acid groups (broad SMARTS) is 1. The summed E-state index contributed by atoms with van der Waals surface area (Å²) in [5.41, 5.74) is 10.7. The number of aliphatic carboxylic acids is 1. The molecule has 7 N–H and O–H groups in total. The molecule has 10 nitrogen and oxygen atoms in total. The van der Waals surface area contributed by atoms with Crippen LogP contribution in [-0.4, -0.2) is 70.1 Å². The van der Waals surface area contributed by atoms with E-state index in [0.717, 1.165) is 0 Å². The summed E-state index contributed by atoms with van der Waals surface area (Å²) < 4.78 is 0. The molecule has 0 unspecified atom stereocenters. The van der Waals surface area contributed by atoms with E-state index < -0.39 is 48.4 Å². The molecule has 0 aromatic carbocycles. The number of nitrogens with zero attached hydrogens (tertiary/aromatic N) is 1. The van der Waals surface area contributed by atoms with E-state index in [9.17, 15) is 19.2 Å². The summed E-state index contributed by atoms with van der Waals surface area (Å²) >= 11 is 0. The highest BCUT2D eigenvalue weighted by molar-refractivity contribution is 5.92. The minimum Gasteiger partial charge on any atom is -0.480 e. The maximum atomic E-state index is 12.3. The number of amides is 3. The second kappa shape index (κ2) is 8.44. The highest BCUT2D eigenvalue weighted by Crippen LogP contribution is 2.19. The van der Waals surface area contributed by atoms with Gasteiger partial charge in [0.2, 0.25) is 17.7 Å². The summed E-state index contributed by atoms with van der Waals surface area (Å²) in [6, 6.07) is -3.22. The maximum absolute atomic E-state index is 12.3. The van der Waals surface area contributed by atoms with Crippen LogP contribution in [0.1, 0.15) is 25.7 Å². The molecular weight excluding hydrogens is 308 g/mol. The van der Waals surface area contributed by atoms with E-state index >= 15 is 0 Å². The second-order valence-electron chi connectivity index (χ2n) is 5.38. The average molecular weight is 330 g/mol. The number of likely N-dealkylation sites (tertiary alicyclic amines) is 1. The fraction of sp³-hybridized carbons (Fsp3) is 0.692.